The van der Waals surface area contributed by atoms with Gasteiger partial charge in [0.1, 0.15) is 0 Å². The largest absolute Gasteiger partial charge is 0.314 e. The molecule has 0 saturated heterocycles. The lowest BCUT2D eigenvalue weighted by Crippen LogP contribution is -2.37. The molecule has 0 heterocycles. The van der Waals surface area contributed by atoms with Gasteiger partial charge in [0, 0.05) is 6.04 Å². The van der Waals surface area contributed by atoms with E-state index in [0.29, 0.717) is 6.04 Å². The van der Waals surface area contributed by atoms with Gasteiger partial charge in [-0.05, 0) is 61.8 Å². The first-order valence-electron chi connectivity index (χ1n) is 7.71. The summed E-state index contributed by atoms with van der Waals surface area (Å²) in [6.45, 7) is 5.61. The Morgan fingerprint density at radius 1 is 1.14 bits per heavy atom. The van der Waals surface area contributed by atoms with Crippen LogP contribution in [0, 0.1) is 11.8 Å². The molecule has 0 amide bonds. The molecule has 1 aromatic rings. The first-order valence-corrected chi connectivity index (χ1v) is 9.26. The summed E-state index contributed by atoms with van der Waals surface area (Å²) in [6.07, 6.45) is 4.73. The fourth-order valence-electron chi connectivity index (χ4n) is 3.00. The first-order chi connectivity index (χ1) is 9.86. The van der Waals surface area contributed by atoms with Crippen molar-refractivity contribution in [3.8, 4) is 0 Å². The highest BCUT2D eigenvalue weighted by Gasteiger charge is 2.23. The molecule has 0 aliphatic heterocycles. The fourth-order valence-corrected chi connectivity index (χ4v) is 3.51. The Balaban J connectivity index is 1.79. The van der Waals surface area contributed by atoms with Crippen molar-refractivity contribution < 1.29 is 8.42 Å². The molecule has 0 spiro atoms. The average Bonchev–Trinajstić information content (AvgIpc) is 2.42. The third-order valence-electron chi connectivity index (χ3n) is 4.70. The Morgan fingerprint density at radius 2 is 1.81 bits per heavy atom. The van der Waals surface area contributed by atoms with E-state index in [1.54, 1.807) is 12.1 Å². The SMILES string of the molecule is CC1CCC(NCCc2ccc(S(N)(=O)=O)cc2)CC1C. The molecule has 0 aromatic heterocycles. The summed E-state index contributed by atoms with van der Waals surface area (Å²) in [5.74, 6) is 1.64. The normalized spacial score (nSPS) is 26.7. The molecule has 4 nitrogen and oxygen atoms in total. The number of benzene rings is 1. The predicted octanol–water partition coefficient (Wildman–Crippen LogP) is 2.29. The summed E-state index contributed by atoms with van der Waals surface area (Å²) in [6, 6.07) is 7.46. The van der Waals surface area contributed by atoms with Gasteiger partial charge in [0.2, 0.25) is 10.0 Å². The van der Waals surface area contributed by atoms with E-state index >= 15 is 0 Å². The van der Waals surface area contributed by atoms with Crippen LogP contribution in [0.15, 0.2) is 29.2 Å². The van der Waals surface area contributed by atoms with Crippen molar-refractivity contribution in [1.82, 2.24) is 5.32 Å². The van der Waals surface area contributed by atoms with Crippen molar-refractivity contribution in [2.75, 3.05) is 6.54 Å². The van der Waals surface area contributed by atoms with E-state index in [1.165, 1.54) is 19.3 Å². The number of rotatable bonds is 5. The number of sulfonamides is 1. The van der Waals surface area contributed by atoms with Gasteiger partial charge in [-0.2, -0.15) is 0 Å². The summed E-state index contributed by atoms with van der Waals surface area (Å²) in [5.41, 5.74) is 1.13. The number of hydrogen-bond donors (Lipinski definition) is 2. The Morgan fingerprint density at radius 3 is 2.38 bits per heavy atom. The average molecular weight is 310 g/mol. The van der Waals surface area contributed by atoms with Gasteiger partial charge in [-0.15, -0.1) is 0 Å². The highest BCUT2D eigenvalue weighted by Crippen LogP contribution is 2.29. The molecular formula is C16H26N2O2S. The Labute approximate surface area is 128 Å². The zero-order chi connectivity index (χ0) is 15.5. The zero-order valence-corrected chi connectivity index (χ0v) is 13.7. The van der Waals surface area contributed by atoms with E-state index in [4.69, 9.17) is 5.14 Å². The van der Waals surface area contributed by atoms with Crippen LogP contribution >= 0.6 is 0 Å². The maximum absolute atomic E-state index is 11.2. The maximum Gasteiger partial charge on any atom is 0.238 e. The lowest BCUT2D eigenvalue weighted by Gasteiger charge is -2.32. The molecular weight excluding hydrogens is 284 g/mol. The van der Waals surface area contributed by atoms with Crippen LogP contribution in [0.3, 0.4) is 0 Å². The molecule has 0 radical (unpaired) electrons. The van der Waals surface area contributed by atoms with Gasteiger partial charge >= 0.3 is 0 Å². The summed E-state index contributed by atoms with van der Waals surface area (Å²) in [7, 11) is -3.58. The highest BCUT2D eigenvalue weighted by molar-refractivity contribution is 7.89. The number of nitrogens with one attached hydrogen (secondary N) is 1. The second-order valence-electron chi connectivity index (χ2n) is 6.36. The molecule has 1 fully saturated rings. The molecule has 118 valence electrons. The predicted molar refractivity (Wildman–Crippen MR) is 85.5 cm³/mol. The molecule has 1 saturated carbocycles. The second kappa shape index (κ2) is 6.90. The molecule has 1 aromatic carbocycles. The number of hydrogen-bond acceptors (Lipinski definition) is 3. The van der Waals surface area contributed by atoms with Gasteiger partial charge in [-0.25, -0.2) is 13.6 Å². The lowest BCUT2D eigenvalue weighted by molar-refractivity contribution is 0.227. The minimum absolute atomic E-state index is 0.175. The van der Waals surface area contributed by atoms with E-state index in [1.807, 2.05) is 12.1 Å². The zero-order valence-electron chi connectivity index (χ0n) is 12.9. The number of primary sulfonamides is 1. The molecule has 3 unspecified atom stereocenters. The molecule has 3 atom stereocenters. The Kier molecular flexibility index (Phi) is 5.41. The van der Waals surface area contributed by atoms with Crippen molar-refractivity contribution in [3.05, 3.63) is 29.8 Å². The molecule has 0 bridgehead atoms. The van der Waals surface area contributed by atoms with Crippen LogP contribution in [-0.2, 0) is 16.4 Å². The maximum atomic E-state index is 11.2. The summed E-state index contributed by atoms with van der Waals surface area (Å²) < 4.78 is 22.4. The second-order valence-corrected chi connectivity index (χ2v) is 7.92. The molecule has 3 N–H and O–H groups in total. The van der Waals surface area contributed by atoms with Gasteiger partial charge in [-0.1, -0.05) is 26.0 Å². The smallest absolute Gasteiger partial charge is 0.238 e. The number of nitrogens with two attached hydrogens (primary N) is 1. The highest BCUT2D eigenvalue weighted by atomic mass is 32.2. The van der Waals surface area contributed by atoms with Crippen LogP contribution in [-0.4, -0.2) is 21.0 Å². The van der Waals surface area contributed by atoms with Crippen LogP contribution in [0.2, 0.25) is 0 Å². The topological polar surface area (TPSA) is 72.2 Å². The molecule has 5 heteroatoms. The van der Waals surface area contributed by atoms with Crippen LogP contribution in [0.4, 0.5) is 0 Å². The summed E-state index contributed by atoms with van der Waals surface area (Å²) in [4.78, 5) is 0.175. The minimum atomic E-state index is -3.58. The van der Waals surface area contributed by atoms with Crippen molar-refractivity contribution >= 4 is 10.0 Å². The third kappa shape index (κ3) is 4.80. The van der Waals surface area contributed by atoms with E-state index in [0.717, 1.165) is 30.4 Å². The quantitative estimate of drug-likeness (QED) is 0.876. The monoisotopic (exact) mass is 310 g/mol. The van der Waals surface area contributed by atoms with Crippen molar-refractivity contribution in [1.29, 1.82) is 0 Å². The molecule has 1 aliphatic rings. The first kappa shape index (κ1) is 16.5. The van der Waals surface area contributed by atoms with E-state index in [9.17, 15) is 8.42 Å². The van der Waals surface area contributed by atoms with Crippen LogP contribution in [0.1, 0.15) is 38.7 Å². The van der Waals surface area contributed by atoms with Crippen LogP contribution < -0.4 is 10.5 Å². The van der Waals surface area contributed by atoms with Crippen molar-refractivity contribution in [2.24, 2.45) is 17.0 Å². The van der Waals surface area contributed by atoms with Crippen molar-refractivity contribution in [2.45, 2.75) is 50.5 Å². The van der Waals surface area contributed by atoms with E-state index in [2.05, 4.69) is 19.2 Å². The van der Waals surface area contributed by atoms with Crippen molar-refractivity contribution in [3.63, 3.8) is 0 Å². The van der Waals surface area contributed by atoms with E-state index in [-0.39, 0.29) is 4.90 Å². The van der Waals surface area contributed by atoms with Gasteiger partial charge in [-0.3, -0.25) is 0 Å². The van der Waals surface area contributed by atoms with Gasteiger partial charge < -0.3 is 5.32 Å². The molecule has 2 rings (SSSR count). The molecule has 1 aliphatic carbocycles. The Bertz CT molecular complexity index is 554. The third-order valence-corrected chi connectivity index (χ3v) is 5.63. The minimum Gasteiger partial charge on any atom is -0.314 e. The van der Waals surface area contributed by atoms with Gasteiger partial charge in [0.25, 0.3) is 0 Å². The van der Waals surface area contributed by atoms with E-state index < -0.39 is 10.0 Å². The Hall–Kier alpha value is -0.910. The lowest BCUT2D eigenvalue weighted by atomic mass is 9.79. The summed E-state index contributed by atoms with van der Waals surface area (Å²) >= 11 is 0. The van der Waals surface area contributed by atoms with Gasteiger partial charge in [0.05, 0.1) is 4.90 Å². The fraction of sp³-hybridized carbons (Fsp3) is 0.625. The van der Waals surface area contributed by atoms with Gasteiger partial charge in [0.15, 0.2) is 0 Å². The summed E-state index contributed by atoms with van der Waals surface area (Å²) in [5, 5.41) is 8.71. The van der Waals surface area contributed by atoms with Crippen LogP contribution in [0.25, 0.3) is 0 Å². The molecule has 21 heavy (non-hydrogen) atoms. The van der Waals surface area contributed by atoms with Crippen LogP contribution in [0.5, 0.6) is 0 Å². The standard InChI is InChI=1S/C16H26N2O2S/c1-12-3-6-15(11-13(12)2)18-10-9-14-4-7-16(8-5-14)21(17,19)20/h4-5,7-8,12-13,15,18H,3,6,9-11H2,1-2H3,(H2,17,19,20).